The molecule has 226 valence electrons. The molecule has 2 saturated heterocycles. The summed E-state index contributed by atoms with van der Waals surface area (Å²) >= 11 is 0. The van der Waals surface area contributed by atoms with Crippen molar-refractivity contribution in [3.8, 4) is 5.88 Å². The van der Waals surface area contributed by atoms with Crippen LogP contribution in [0.15, 0.2) is 60.7 Å². The number of hydrogen-bond donors (Lipinski definition) is 1. The first-order chi connectivity index (χ1) is 21.6. The molecule has 44 heavy (non-hydrogen) atoms. The van der Waals surface area contributed by atoms with Crippen LogP contribution in [-0.4, -0.2) is 65.9 Å². The minimum Gasteiger partial charge on any atom is -0.478 e. The molecule has 1 N–H and O–H groups in total. The fraction of sp³-hybridized carbons (Fsp3) is 0.412. The van der Waals surface area contributed by atoms with E-state index < -0.39 is 5.97 Å². The van der Waals surface area contributed by atoms with E-state index in [1.54, 1.807) is 12.1 Å². The summed E-state index contributed by atoms with van der Waals surface area (Å²) in [7, 11) is 0. The number of carboxylic acid groups (broad SMARTS) is 1. The SMILES string of the molecule is O=C(O)c1ccc2nc(CN3CCC(c4cccc(OCc5cccc6cc(C7CC7)nn56)n4)CC3)n(CC3CCO3)c2c1. The molecular formula is C34H36N6O4. The summed E-state index contributed by atoms with van der Waals surface area (Å²) < 4.78 is 16.1. The number of imidazole rings is 1. The number of nitrogens with zero attached hydrogens (tertiary/aromatic N) is 6. The third kappa shape index (κ3) is 5.44. The summed E-state index contributed by atoms with van der Waals surface area (Å²) in [5.74, 6) is 1.66. The van der Waals surface area contributed by atoms with Crippen LogP contribution in [-0.2, 0) is 24.4 Å². The van der Waals surface area contributed by atoms with Crippen molar-refractivity contribution in [2.45, 2.75) is 69.7 Å². The van der Waals surface area contributed by atoms with Crippen LogP contribution in [0, 0.1) is 0 Å². The van der Waals surface area contributed by atoms with Crippen LogP contribution in [0.2, 0.25) is 0 Å². The average molecular weight is 593 g/mol. The second-order valence-corrected chi connectivity index (χ2v) is 12.4. The highest BCUT2D eigenvalue weighted by Gasteiger charge is 2.28. The lowest BCUT2D eigenvalue weighted by atomic mass is 9.93. The first-order valence-electron chi connectivity index (χ1n) is 15.7. The summed E-state index contributed by atoms with van der Waals surface area (Å²) in [5.41, 5.74) is 6.35. The lowest BCUT2D eigenvalue weighted by molar-refractivity contribution is -0.0592. The van der Waals surface area contributed by atoms with Gasteiger partial charge in [-0.1, -0.05) is 12.1 Å². The van der Waals surface area contributed by atoms with Gasteiger partial charge < -0.3 is 19.1 Å². The zero-order valence-electron chi connectivity index (χ0n) is 24.6. The molecule has 0 spiro atoms. The van der Waals surface area contributed by atoms with E-state index in [4.69, 9.17) is 24.5 Å². The Morgan fingerprint density at radius 2 is 1.75 bits per heavy atom. The molecule has 0 bridgehead atoms. The zero-order valence-corrected chi connectivity index (χ0v) is 24.6. The predicted octanol–water partition coefficient (Wildman–Crippen LogP) is 5.40. The lowest BCUT2D eigenvalue weighted by Crippen LogP contribution is -2.35. The first-order valence-corrected chi connectivity index (χ1v) is 15.7. The lowest BCUT2D eigenvalue weighted by Gasteiger charge is -2.32. The molecule has 0 amide bonds. The summed E-state index contributed by atoms with van der Waals surface area (Å²) in [5, 5.41) is 14.4. The van der Waals surface area contributed by atoms with E-state index in [-0.39, 0.29) is 11.7 Å². The average Bonchev–Trinajstić information content (AvgIpc) is 3.69. The van der Waals surface area contributed by atoms with Gasteiger partial charge in [-0.05, 0) is 87.7 Å². The number of pyridine rings is 2. The van der Waals surface area contributed by atoms with Crippen LogP contribution >= 0.6 is 0 Å². The number of piperidine rings is 1. The standard InChI is InChI=1S/C34H36N6O4/c41-34(42)24-9-10-29-31(17-24)39(19-27-13-16-43-27)32(35-29)20-38-14-11-23(12-15-38)28-5-2-6-33(36-28)44-21-26-4-1-3-25-18-30(22-7-8-22)37-40(25)26/h1-6,9-10,17-18,22-23,27H,7-8,11-16,19-21H2,(H,41,42). The second kappa shape index (κ2) is 11.3. The molecule has 1 aromatic carbocycles. The molecule has 1 aliphatic carbocycles. The van der Waals surface area contributed by atoms with Crippen molar-refractivity contribution in [3.05, 3.63) is 89.1 Å². The molecule has 5 aromatic rings. The van der Waals surface area contributed by atoms with E-state index in [1.165, 1.54) is 18.5 Å². The minimum atomic E-state index is -0.927. The first kappa shape index (κ1) is 27.3. The molecule has 10 heteroatoms. The summed E-state index contributed by atoms with van der Waals surface area (Å²) in [4.78, 5) is 23.9. The molecule has 8 rings (SSSR count). The molecule has 2 aliphatic heterocycles. The number of likely N-dealkylation sites (tertiary alicyclic amines) is 1. The topological polar surface area (TPSA) is 107 Å². The molecule has 0 radical (unpaired) electrons. The van der Waals surface area contributed by atoms with Crippen LogP contribution in [0.1, 0.15) is 77.2 Å². The number of hydrogen-bond acceptors (Lipinski definition) is 7. The van der Waals surface area contributed by atoms with Crippen LogP contribution in [0.25, 0.3) is 16.6 Å². The Labute approximate surface area is 255 Å². The Kier molecular flexibility index (Phi) is 7.03. The normalized spacial score (nSPS) is 19.4. The number of carboxylic acids is 1. The Morgan fingerprint density at radius 1 is 0.932 bits per heavy atom. The highest BCUT2D eigenvalue weighted by molar-refractivity contribution is 5.92. The van der Waals surface area contributed by atoms with Gasteiger partial charge in [0.05, 0.1) is 52.7 Å². The van der Waals surface area contributed by atoms with Crippen LogP contribution in [0.5, 0.6) is 5.88 Å². The Balaban J connectivity index is 0.925. The van der Waals surface area contributed by atoms with E-state index in [9.17, 15) is 9.90 Å². The maximum absolute atomic E-state index is 11.6. The van der Waals surface area contributed by atoms with E-state index in [1.807, 2.05) is 22.7 Å². The molecular weight excluding hydrogens is 556 g/mol. The fourth-order valence-corrected chi connectivity index (χ4v) is 6.52. The number of fused-ring (bicyclic) bond motifs is 2. The van der Waals surface area contributed by atoms with Crippen molar-refractivity contribution < 1.29 is 19.4 Å². The largest absolute Gasteiger partial charge is 0.478 e. The fourth-order valence-electron chi connectivity index (χ4n) is 6.52. The molecule has 3 aliphatic rings. The van der Waals surface area contributed by atoms with Gasteiger partial charge in [-0.2, -0.15) is 5.10 Å². The summed E-state index contributed by atoms with van der Waals surface area (Å²) in [6.07, 6.45) is 5.64. The van der Waals surface area contributed by atoms with Crippen molar-refractivity contribution in [3.63, 3.8) is 0 Å². The number of carbonyl (C=O) groups is 1. The second-order valence-electron chi connectivity index (χ2n) is 12.4. The maximum atomic E-state index is 11.6. The predicted molar refractivity (Wildman–Crippen MR) is 164 cm³/mol. The van der Waals surface area contributed by atoms with Gasteiger partial charge in [0.1, 0.15) is 12.4 Å². The van der Waals surface area contributed by atoms with E-state index in [0.29, 0.717) is 37.4 Å². The molecule has 6 heterocycles. The highest BCUT2D eigenvalue weighted by Crippen LogP contribution is 2.39. The Hall–Kier alpha value is -4.28. The van der Waals surface area contributed by atoms with Gasteiger partial charge in [0.15, 0.2) is 0 Å². The molecule has 1 atom stereocenters. The van der Waals surface area contributed by atoms with Gasteiger partial charge in [0.25, 0.3) is 0 Å². The molecule has 4 aromatic heterocycles. The number of aromatic nitrogens is 5. The van der Waals surface area contributed by atoms with Crippen molar-refractivity contribution in [2.24, 2.45) is 0 Å². The van der Waals surface area contributed by atoms with E-state index in [2.05, 4.69) is 39.8 Å². The number of rotatable bonds is 10. The zero-order chi connectivity index (χ0) is 29.6. The maximum Gasteiger partial charge on any atom is 0.335 e. The smallest absolute Gasteiger partial charge is 0.335 e. The Morgan fingerprint density at radius 3 is 2.52 bits per heavy atom. The van der Waals surface area contributed by atoms with Gasteiger partial charge in [0.2, 0.25) is 5.88 Å². The molecule has 1 unspecified atom stereocenters. The number of benzene rings is 1. The minimum absolute atomic E-state index is 0.151. The van der Waals surface area contributed by atoms with Gasteiger partial charge in [-0.25, -0.2) is 19.3 Å². The molecule has 10 nitrogen and oxygen atoms in total. The van der Waals surface area contributed by atoms with Crippen molar-refractivity contribution in [1.82, 2.24) is 29.0 Å². The summed E-state index contributed by atoms with van der Waals surface area (Å²) in [6, 6.07) is 19.7. The van der Waals surface area contributed by atoms with Crippen LogP contribution in [0.4, 0.5) is 0 Å². The number of aromatic carboxylic acids is 1. The van der Waals surface area contributed by atoms with E-state index in [0.717, 1.165) is 72.7 Å². The van der Waals surface area contributed by atoms with Gasteiger partial charge in [0, 0.05) is 30.2 Å². The third-order valence-corrected chi connectivity index (χ3v) is 9.32. The van der Waals surface area contributed by atoms with Gasteiger partial charge in [-0.3, -0.25) is 4.90 Å². The number of ether oxygens (including phenoxy) is 2. The van der Waals surface area contributed by atoms with Crippen molar-refractivity contribution in [1.29, 1.82) is 0 Å². The van der Waals surface area contributed by atoms with Crippen LogP contribution in [0.3, 0.4) is 0 Å². The monoisotopic (exact) mass is 592 g/mol. The van der Waals surface area contributed by atoms with Gasteiger partial charge >= 0.3 is 5.97 Å². The van der Waals surface area contributed by atoms with Crippen molar-refractivity contribution in [2.75, 3.05) is 19.7 Å². The summed E-state index contributed by atoms with van der Waals surface area (Å²) in [6.45, 7) is 4.48. The highest BCUT2D eigenvalue weighted by atomic mass is 16.5. The van der Waals surface area contributed by atoms with Crippen molar-refractivity contribution >= 4 is 22.5 Å². The van der Waals surface area contributed by atoms with Gasteiger partial charge in [-0.15, -0.1) is 0 Å². The Bertz CT molecular complexity index is 1830. The molecule has 3 fully saturated rings. The van der Waals surface area contributed by atoms with Crippen LogP contribution < -0.4 is 4.74 Å². The molecule has 1 saturated carbocycles. The quantitative estimate of drug-likeness (QED) is 0.230. The third-order valence-electron chi connectivity index (χ3n) is 9.32. The van der Waals surface area contributed by atoms with E-state index >= 15 is 0 Å².